The molecule has 1 nitrogen and oxygen atoms in total. The fourth-order valence-corrected chi connectivity index (χ4v) is 1.81. The van der Waals surface area contributed by atoms with Crippen LogP contribution in [0.2, 0.25) is 0 Å². The maximum atomic E-state index is 12.4. The highest BCUT2D eigenvalue weighted by Crippen LogP contribution is 2.30. The number of hydrogen-bond donors (Lipinski definition) is 1. The Labute approximate surface area is 110 Å². The van der Waals surface area contributed by atoms with Gasteiger partial charge in [0, 0.05) is 18.8 Å². The van der Waals surface area contributed by atoms with Crippen molar-refractivity contribution in [2.24, 2.45) is 0 Å². The summed E-state index contributed by atoms with van der Waals surface area (Å²) in [5, 5.41) is 2.66. The summed E-state index contributed by atoms with van der Waals surface area (Å²) in [6, 6.07) is 4.68. The highest BCUT2D eigenvalue weighted by atomic mass is 32.2. The molecule has 1 aromatic carbocycles. The van der Waals surface area contributed by atoms with Crippen LogP contribution in [0.15, 0.2) is 24.3 Å². The third-order valence-corrected chi connectivity index (χ3v) is 2.86. The predicted octanol–water partition coefficient (Wildman–Crippen LogP) is 4.05. The van der Waals surface area contributed by atoms with Crippen molar-refractivity contribution >= 4 is 11.8 Å². The molecule has 0 aliphatic rings. The first-order valence-corrected chi connectivity index (χ1v) is 6.24. The maximum Gasteiger partial charge on any atom is 0.441 e. The van der Waals surface area contributed by atoms with E-state index in [2.05, 4.69) is 5.32 Å². The van der Waals surface area contributed by atoms with Gasteiger partial charge in [-0.3, -0.25) is 0 Å². The first-order chi connectivity index (χ1) is 8.68. The summed E-state index contributed by atoms with van der Waals surface area (Å²) in [7, 11) is 0. The molecule has 1 N–H and O–H groups in total. The van der Waals surface area contributed by atoms with E-state index in [-0.39, 0.29) is 30.6 Å². The molecule has 0 bridgehead atoms. The third-order valence-electron chi connectivity index (χ3n) is 2.13. The Balaban J connectivity index is 2.38. The number of benzene rings is 1. The van der Waals surface area contributed by atoms with E-state index < -0.39 is 17.2 Å². The molecule has 0 saturated carbocycles. The zero-order valence-electron chi connectivity index (χ0n) is 9.61. The summed E-state index contributed by atoms with van der Waals surface area (Å²) in [6.45, 7) is 0.169. The Morgan fingerprint density at radius 3 is 2.32 bits per heavy atom. The van der Waals surface area contributed by atoms with Crippen LogP contribution in [0.4, 0.5) is 26.3 Å². The molecule has 0 heterocycles. The number of rotatable bonds is 5. The van der Waals surface area contributed by atoms with Gasteiger partial charge in [0.2, 0.25) is 0 Å². The van der Waals surface area contributed by atoms with Gasteiger partial charge in [-0.15, -0.1) is 0 Å². The second-order valence-electron chi connectivity index (χ2n) is 3.67. The summed E-state index contributed by atoms with van der Waals surface area (Å²) in [4.78, 5) is 0. The molecule has 19 heavy (non-hydrogen) atoms. The van der Waals surface area contributed by atoms with Crippen LogP contribution >= 0.6 is 11.8 Å². The second-order valence-corrected chi connectivity index (χ2v) is 4.83. The standard InChI is InChI=1S/C11H11F6NS/c12-10(13,14)9-3-1-2-8(6-9)7-18-4-5-19-11(15,16)17/h1-3,6,18H,4-5,7H2. The van der Waals surface area contributed by atoms with E-state index >= 15 is 0 Å². The quantitative estimate of drug-likeness (QED) is 0.650. The Morgan fingerprint density at radius 2 is 1.74 bits per heavy atom. The van der Waals surface area contributed by atoms with Gasteiger partial charge in [-0.05, 0) is 23.4 Å². The molecule has 1 rings (SSSR count). The summed E-state index contributed by atoms with van der Waals surface area (Å²) < 4.78 is 72.6. The van der Waals surface area contributed by atoms with Crippen LogP contribution in [0.25, 0.3) is 0 Å². The van der Waals surface area contributed by atoms with Gasteiger partial charge in [0.25, 0.3) is 0 Å². The number of nitrogens with one attached hydrogen (secondary N) is 1. The van der Waals surface area contributed by atoms with Crippen molar-refractivity contribution in [3.05, 3.63) is 35.4 Å². The SMILES string of the molecule is FC(F)(F)SCCNCc1cccc(C(F)(F)F)c1. The molecule has 0 aliphatic heterocycles. The Bertz CT molecular complexity index is 401. The highest BCUT2D eigenvalue weighted by molar-refractivity contribution is 8.00. The molecule has 0 fully saturated rings. The van der Waals surface area contributed by atoms with E-state index in [9.17, 15) is 26.3 Å². The maximum absolute atomic E-state index is 12.4. The molecule has 0 aliphatic carbocycles. The van der Waals surface area contributed by atoms with Crippen molar-refractivity contribution in [2.45, 2.75) is 18.2 Å². The fourth-order valence-electron chi connectivity index (χ4n) is 1.33. The van der Waals surface area contributed by atoms with Crippen LogP contribution in [0.1, 0.15) is 11.1 Å². The topological polar surface area (TPSA) is 12.0 Å². The van der Waals surface area contributed by atoms with E-state index in [1.54, 1.807) is 0 Å². The average molecular weight is 303 g/mol. The molecule has 0 saturated heterocycles. The van der Waals surface area contributed by atoms with Crippen molar-refractivity contribution in [1.82, 2.24) is 5.32 Å². The van der Waals surface area contributed by atoms with Gasteiger partial charge in [0.1, 0.15) is 0 Å². The zero-order chi connectivity index (χ0) is 14.5. The lowest BCUT2D eigenvalue weighted by Gasteiger charge is -2.10. The fraction of sp³-hybridized carbons (Fsp3) is 0.455. The Hall–Kier alpha value is -0.890. The van der Waals surface area contributed by atoms with E-state index in [0.29, 0.717) is 5.56 Å². The lowest BCUT2D eigenvalue weighted by atomic mass is 10.1. The second kappa shape index (κ2) is 6.51. The third kappa shape index (κ3) is 6.72. The molecule has 0 aromatic heterocycles. The van der Waals surface area contributed by atoms with Crippen molar-refractivity contribution in [2.75, 3.05) is 12.3 Å². The van der Waals surface area contributed by atoms with E-state index in [4.69, 9.17) is 0 Å². The molecule has 1 aromatic rings. The number of halogens is 6. The lowest BCUT2D eigenvalue weighted by molar-refractivity contribution is -0.137. The average Bonchev–Trinajstić information content (AvgIpc) is 2.26. The van der Waals surface area contributed by atoms with E-state index in [1.807, 2.05) is 0 Å². The lowest BCUT2D eigenvalue weighted by Crippen LogP contribution is -2.18. The first-order valence-electron chi connectivity index (χ1n) is 5.26. The van der Waals surface area contributed by atoms with Gasteiger partial charge in [0.15, 0.2) is 0 Å². The van der Waals surface area contributed by atoms with Gasteiger partial charge in [-0.2, -0.15) is 26.3 Å². The van der Waals surface area contributed by atoms with Crippen molar-refractivity contribution in [3.63, 3.8) is 0 Å². The minimum absolute atomic E-state index is 0.0699. The zero-order valence-corrected chi connectivity index (χ0v) is 10.4. The molecular weight excluding hydrogens is 292 g/mol. The Kier molecular flexibility index (Phi) is 5.54. The van der Waals surface area contributed by atoms with Gasteiger partial charge >= 0.3 is 11.7 Å². The smallest absolute Gasteiger partial charge is 0.312 e. The molecule has 0 amide bonds. The molecular formula is C11H11F6NS. The van der Waals surface area contributed by atoms with Crippen molar-refractivity contribution in [1.29, 1.82) is 0 Å². The normalized spacial score (nSPS) is 12.7. The largest absolute Gasteiger partial charge is 0.441 e. The van der Waals surface area contributed by atoms with Crippen LogP contribution in [0.5, 0.6) is 0 Å². The molecule has 8 heteroatoms. The van der Waals surface area contributed by atoms with Gasteiger partial charge in [-0.25, -0.2) is 0 Å². The number of alkyl halides is 6. The number of thioether (sulfide) groups is 1. The molecule has 0 unspecified atom stereocenters. The molecule has 0 spiro atoms. The van der Waals surface area contributed by atoms with Gasteiger partial charge < -0.3 is 5.32 Å². The van der Waals surface area contributed by atoms with Crippen LogP contribution in [-0.2, 0) is 12.7 Å². The van der Waals surface area contributed by atoms with Gasteiger partial charge in [0.05, 0.1) is 5.56 Å². The Morgan fingerprint density at radius 1 is 1.05 bits per heavy atom. The summed E-state index contributed by atoms with van der Waals surface area (Å²) in [5.74, 6) is -0.178. The van der Waals surface area contributed by atoms with E-state index in [1.165, 1.54) is 12.1 Å². The minimum Gasteiger partial charge on any atom is -0.312 e. The molecule has 0 atom stereocenters. The van der Waals surface area contributed by atoms with Crippen LogP contribution in [0.3, 0.4) is 0 Å². The van der Waals surface area contributed by atoms with Crippen molar-refractivity contribution < 1.29 is 26.3 Å². The van der Waals surface area contributed by atoms with E-state index in [0.717, 1.165) is 12.1 Å². The highest BCUT2D eigenvalue weighted by Gasteiger charge is 2.30. The molecule has 108 valence electrons. The minimum atomic E-state index is -4.41. The first kappa shape index (κ1) is 16.2. The molecule has 0 radical (unpaired) electrons. The monoisotopic (exact) mass is 303 g/mol. The van der Waals surface area contributed by atoms with Crippen LogP contribution in [-0.4, -0.2) is 17.8 Å². The predicted molar refractivity (Wildman–Crippen MR) is 61.7 cm³/mol. The van der Waals surface area contributed by atoms with Crippen molar-refractivity contribution in [3.8, 4) is 0 Å². The summed E-state index contributed by atoms with van der Waals surface area (Å²) >= 11 is -0.166. The van der Waals surface area contributed by atoms with Gasteiger partial charge in [-0.1, -0.05) is 18.2 Å². The van der Waals surface area contributed by atoms with Crippen LogP contribution in [0, 0.1) is 0 Å². The number of hydrogen-bond acceptors (Lipinski definition) is 2. The van der Waals surface area contributed by atoms with Crippen LogP contribution < -0.4 is 5.32 Å². The summed E-state index contributed by atoms with van der Waals surface area (Å²) in [6.07, 6.45) is -4.41. The summed E-state index contributed by atoms with van der Waals surface area (Å²) in [5.41, 5.74) is -4.67.